The van der Waals surface area contributed by atoms with Crippen molar-refractivity contribution in [3.63, 3.8) is 0 Å². The van der Waals surface area contributed by atoms with Gasteiger partial charge in [0.25, 0.3) is 0 Å². The summed E-state index contributed by atoms with van der Waals surface area (Å²) in [6.07, 6.45) is 2.65. The lowest BCUT2D eigenvalue weighted by atomic mass is 10.0. The molecule has 1 N–H and O–H groups in total. The van der Waals surface area contributed by atoms with Crippen molar-refractivity contribution in [2.45, 2.75) is 46.6 Å². The van der Waals surface area contributed by atoms with Crippen molar-refractivity contribution < 1.29 is 9.21 Å². The number of para-hydroxylation sites is 1. The van der Waals surface area contributed by atoms with Gasteiger partial charge in [-0.1, -0.05) is 62.7 Å². The van der Waals surface area contributed by atoms with Crippen LogP contribution < -0.4 is 5.32 Å². The van der Waals surface area contributed by atoms with E-state index in [0.29, 0.717) is 28.9 Å². The summed E-state index contributed by atoms with van der Waals surface area (Å²) >= 11 is 6.23. The minimum absolute atomic E-state index is 0.0464. The van der Waals surface area contributed by atoms with E-state index >= 15 is 0 Å². The number of amides is 1. The second-order valence-corrected chi connectivity index (χ2v) is 7.81. The number of nitrogens with zero attached hydrogens (tertiary/aromatic N) is 3. The van der Waals surface area contributed by atoms with Crippen LogP contribution in [-0.2, 0) is 24.2 Å². The normalized spacial score (nSPS) is 11.1. The van der Waals surface area contributed by atoms with Crippen molar-refractivity contribution in [1.29, 1.82) is 0 Å². The Balaban J connectivity index is 1.70. The molecule has 0 atom stereocenters. The maximum Gasteiger partial charge on any atom is 0.249 e. The SMILES string of the molecule is CCCN(CC(=O)Nc1c(CC)cccc1CC)Cc1nnc(-c2ccccc2Cl)o1. The number of aromatic nitrogens is 2. The van der Waals surface area contributed by atoms with Gasteiger partial charge in [0.05, 0.1) is 23.7 Å². The first-order valence-electron chi connectivity index (χ1n) is 10.8. The Labute approximate surface area is 188 Å². The van der Waals surface area contributed by atoms with Crippen molar-refractivity contribution in [3.8, 4) is 11.5 Å². The number of halogens is 1. The molecule has 3 rings (SSSR count). The van der Waals surface area contributed by atoms with Crippen molar-refractivity contribution in [2.24, 2.45) is 0 Å². The Morgan fingerprint density at radius 2 is 1.74 bits per heavy atom. The molecule has 7 heteroatoms. The van der Waals surface area contributed by atoms with Gasteiger partial charge in [-0.15, -0.1) is 10.2 Å². The lowest BCUT2D eigenvalue weighted by Crippen LogP contribution is -2.34. The summed E-state index contributed by atoms with van der Waals surface area (Å²) in [7, 11) is 0. The second-order valence-electron chi connectivity index (χ2n) is 7.40. The largest absolute Gasteiger partial charge is 0.419 e. The van der Waals surface area contributed by atoms with Crippen molar-refractivity contribution in [2.75, 3.05) is 18.4 Å². The molecule has 0 bridgehead atoms. The van der Waals surface area contributed by atoms with E-state index in [1.807, 2.05) is 29.2 Å². The minimum atomic E-state index is -0.0464. The fraction of sp³-hybridized carbons (Fsp3) is 0.375. The van der Waals surface area contributed by atoms with Gasteiger partial charge in [-0.3, -0.25) is 9.69 Å². The van der Waals surface area contributed by atoms with Crippen LogP contribution >= 0.6 is 11.6 Å². The molecule has 1 aromatic heterocycles. The van der Waals surface area contributed by atoms with E-state index in [9.17, 15) is 4.79 Å². The highest BCUT2D eigenvalue weighted by molar-refractivity contribution is 6.33. The van der Waals surface area contributed by atoms with E-state index in [1.54, 1.807) is 6.07 Å². The van der Waals surface area contributed by atoms with Gasteiger partial charge in [0, 0.05) is 5.69 Å². The third kappa shape index (κ3) is 5.93. The highest BCUT2D eigenvalue weighted by atomic mass is 35.5. The van der Waals surface area contributed by atoms with Crippen molar-refractivity contribution >= 4 is 23.2 Å². The molecule has 0 fully saturated rings. The van der Waals surface area contributed by atoms with E-state index in [2.05, 4.69) is 48.4 Å². The summed E-state index contributed by atoms with van der Waals surface area (Å²) in [5.41, 5.74) is 3.94. The zero-order valence-corrected chi connectivity index (χ0v) is 19.1. The van der Waals surface area contributed by atoms with Gasteiger partial charge < -0.3 is 9.73 Å². The summed E-state index contributed by atoms with van der Waals surface area (Å²) in [5.74, 6) is 0.792. The first-order valence-corrected chi connectivity index (χ1v) is 11.1. The Morgan fingerprint density at radius 1 is 1.03 bits per heavy atom. The maximum atomic E-state index is 12.9. The molecule has 0 saturated heterocycles. The number of rotatable bonds is 10. The summed E-state index contributed by atoms with van der Waals surface area (Å²) in [5, 5.41) is 12.0. The summed E-state index contributed by atoms with van der Waals surface area (Å²) in [6.45, 7) is 7.66. The van der Waals surface area contributed by atoms with E-state index in [1.165, 1.54) is 0 Å². The van der Waals surface area contributed by atoms with Gasteiger partial charge in [0.15, 0.2) is 0 Å². The zero-order valence-electron chi connectivity index (χ0n) is 18.3. The van der Waals surface area contributed by atoms with Crippen LogP contribution in [0.5, 0.6) is 0 Å². The Kier molecular flexibility index (Phi) is 8.20. The van der Waals surface area contributed by atoms with Gasteiger partial charge in [-0.05, 0) is 49.1 Å². The number of benzene rings is 2. The number of hydrogen-bond acceptors (Lipinski definition) is 5. The monoisotopic (exact) mass is 440 g/mol. The summed E-state index contributed by atoms with van der Waals surface area (Å²) in [4.78, 5) is 14.9. The molecule has 31 heavy (non-hydrogen) atoms. The van der Waals surface area contributed by atoms with Crippen LogP contribution in [0, 0.1) is 0 Å². The molecule has 164 valence electrons. The first kappa shape index (κ1) is 23.0. The van der Waals surface area contributed by atoms with Crippen LogP contribution in [0.25, 0.3) is 11.5 Å². The number of aryl methyl sites for hydroxylation is 2. The van der Waals surface area contributed by atoms with Gasteiger partial charge in [-0.25, -0.2) is 0 Å². The Bertz CT molecular complexity index is 996. The molecule has 0 saturated carbocycles. The highest BCUT2D eigenvalue weighted by Crippen LogP contribution is 2.26. The molecule has 2 aromatic carbocycles. The number of carbonyl (C=O) groups excluding carboxylic acids is 1. The predicted molar refractivity (Wildman–Crippen MR) is 124 cm³/mol. The van der Waals surface area contributed by atoms with Gasteiger partial charge >= 0.3 is 0 Å². The van der Waals surface area contributed by atoms with Crippen LogP contribution in [0.1, 0.15) is 44.2 Å². The van der Waals surface area contributed by atoms with E-state index < -0.39 is 0 Å². The molecule has 0 spiro atoms. The maximum absolute atomic E-state index is 12.9. The molecule has 1 heterocycles. The van der Waals surface area contributed by atoms with E-state index in [-0.39, 0.29) is 12.5 Å². The third-order valence-electron chi connectivity index (χ3n) is 5.10. The summed E-state index contributed by atoms with van der Waals surface area (Å²) in [6, 6.07) is 13.5. The van der Waals surface area contributed by atoms with Crippen LogP contribution in [0.15, 0.2) is 46.9 Å². The molecule has 3 aromatic rings. The standard InChI is InChI=1S/C24H29ClN4O2/c1-4-14-29(15-21(30)26-23-17(5-2)10-9-11-18(23)6-3)16-22-27-28-24(31-22)19-12-7-8-13-20(19)25/h7-13H,4-6,14-16H2,1-3H3,(H,26,30). The number of carbonyl (C=O) groups is 1. The van der Waals surface area contributed by atoms with Crippen LogP contribution in [0.2, 0.25) is 5.02 Å². The Morgan fingerprint density at radius 3 is 2.39 bits per heavy atom. The molecular formula is C24H29ClN4O2. The lowest BCUT2D eigenvalue weighted by molar-refractivity contribution is -0.117. The minimum Gasteiger partial charge on any atom is -0.419 e. The number of hydrogen-bond donors (Lipinski definition) is 1. The number of nitrogens with one attached hydrogen (secondary N) is 1. The first-order chi connectivity index (χ1) is 15.0. The van der Waals surface area contributed by atoms with Crippen LogP contribution in [0.3, 0.4) is 0 Å². The third-order valence-corrected chi connectivity index (χ3v) is 5.43. The molecule has 0 aliphatic heterocycles. The Hall–Kier alpha value is -2.70. The average molecular weight is 441 g/mol. The average Bonchev–Trinajstić information content (AvgIpc) is 3.22. The lowest BCUT2D eigenvalue weighted by Gasteiger charge is -2.20. The molecule has 0 aliphatic rings. The van der Waals surface area contributed by atoms with Gasteiger partial charge in [0.2, 0.25) is 17.7 Å². The van der Waals surface area contributed by atoms with Gasteiger partial charge in [0.1, 0.15) is 0 Å². The molecule has 0 aliphatic carbocycles. The van der Waals surface area contributed by atoms with E-state index in [0.717, 1.165) is 42.6 Å². The van der Waals surface area contributed by atoms with Crippen LogP contribution in [0.4, 0.5) is 5.69 Å². The predicted octanol–water partition coefficient (Wildman–Crippen LogP) is 5.37. The van der Waals surface area contributed by atoms with Crippen molar-refractivity contribution in [1.82, 2.24) is 15.1 Å². The van der Waals surface area contributed by atoms with E-state index in [4.69, 9.17) is 16.0 Å². The molecule has 0 unspecified atom stereocenters. The van der Waals surface area contributed by atoms with Crippen molar-refractivity contribution in [3.05, 3.63) is 64.5 Å². The fourth-order valence-corrected chi connectivity index (χ4v) is 3.78. The summed E-state index contributed by atoms with van der Waals surface area (Å²) < 4.78 is 5.82. The zero-order chi connectivity index (χ0) is 22.2. The highest BCUT2D eigenvalue weighted by Gasteiger charge is 2.18. The topological polar surface area (TPSA) is 71.3 Å². The molecule has 0 radical (unpaired) electrons. The van der Waals surface area contributed by atoms with Crippen LogP contribution in [-0.4, -0.2) is 34.1 Å². The molecule has 6 nitrogen and oxygen atoms in total. The second kappa shape index (κ2) is 11.1. The number of anilines is 1. The quantitative estimate of drug-likeness (QED) is 0.459. The van der Waals surface area contributed by atoms with Gasteiger partial charge in [-0.2, -0.15) is 0 Å². The fourth-order valence-electron chi connectivity index (χ4n) is 3.57. The smallest absolute Gasteiger partial charge is 0.249 e. The molecule has 1 amide bonds. The molecular weight excluding hydrogens is 412 g/mol.